The largest absolute Gasteiger partial charge is 0.324 e. The molecule has 0 spiro atoms. The van der Waals surface area contributed by atoms with Crippen LogP contribution >= 0.6 is 0 Å². The zero-order chi connectivity index (χ0) is 6.85. The number of hydrogen-bond donors (Lipinski definition) is 1. The maximum atomic E-state index is 5.66. The molecule has 9 heavy (non-hydrogen) atoms. The zero-order valence-corrected chi connectivity index (χ0v) is 5.89. The van der Waals surface area contributed by atoms with Gasteiger partial charge >= 0.3 is 0 Å². The molecule has 1 aliphatic heterocycles. The van der Waals surface area contributed by atoms with Crippen molar-refractivity contribution in [1.29, 1.82) is 0 Å². The Labute approximate surface area is 55.5 Å². The van der Waals surface area contributed by atoms with Gasteiger partial charge in [0.25, 0.3) is 0 Å². The van der Waals surface area contributed by atoms with Crippen LogP contribution < -0.4 is 5.73 Å². The molecule has 50 valence electrons. The third kappa shape index (κ3) is 1.64. The molecule has 2 heteroatoms. The van der Waals surface area contributed by atoms with Crippen LogP contribution in [0.15, 0.2) is 16.8 Å². The van der Waals surface area contributed by atoms with E-state index in [0.29, 0.717) is 0 Å². The second kappa shape index (κ2) is 2.31. The first kappa shape index (κ1) is 6.49. The molecule has 2 N–H and O–H groups in total. The van der Waals surface area contributed by atoms with Crippen molar-refractivity contribution in [1.82, 2.24) is 0 Å². The summed E-state index contributed by atoms with van der Waals surface area (Å²) in [6.45, 7) is 3.98. The Morgan fingerprint density at radius 3 is 2.78 bits per heavy atom. The summed E-state index contributed by atoms with van der Waals surface area (Å²) in [4.78, 5) is 4.23. The first-order valence-corrected chi connectivity index (χ1v) is 3.16. The lowest BCUT2D eigenvalue weighted by molar-refractivity contribution is 0.827. The van der Waals surface area contributed by atoms with Crippen molar-refractivity contribution in [3.8, 4) is 0 Å². The van der Waals surface area contributed by atoms with Gasteiger partial charge in [0.15, 0.2) is 0 Å². The van der Waals surface area contributed by atoms with Crippen molar-refractivity contribution < 1.29 is 0 Å². The number of nitrogens with zero attached hydrogens (tertiary/aromatic N) is 1. The van der Waals surface area contributed by atoms with E-state index >= 15 is 0 Å². The Bertz CT molecular complexity index is 168. The predicted octanol–water partition coefficient (Wildman–Crippen LogP) is 1.08. The quantitative estimate of drug-likeness (QED) is 0.515. The summed E-state index contributed by atoms with van der Waals surface area (Å²) in [7, 11) is 0. The highest BCUT2D eigenvalue weighted by atomic mass is 14.8. The van der Waals surface area contributed by atoms with E-state index in [1.54, 1.807) is 0 Å². The molecule has 1 aliphatic rings. The summed E-state index contributed by atoms with van der Waals surface area (Å²) >= 11 is 0. The van der Waals surface area contributed by atoms with Crippen molar-refractivity contribution >= 4 is 5.71 Å². The molecule has 2 nitrogen and oxygen atoms in total. The highest BCUT2D eigenvalue weighted by Crippen LogP contribution is 2.08. The maximum Gasteiger partial charge on any atom is 0.0347 e. The van der Waals surface area contributed by atoms with Crippen LogP contribution in [0.3, 0.4) is 0 Å². The second-order valence-corrected chi connectivity index (χ2v) is 2.52. The summed E-state index contributed by atoms with van der Waals surface area (Å²) in [6, 6.07) is 0.197. The second-order valence-electron chi connectivity index (χ2n) is 2.52. The third-order valence-electron chi connectivity index (χ3n) is 1.35. The minimum Gasteiger partial charge on any atom is -0.324 e. The fourth-order valence-corrected chi connectivity index (χ4v) is 1.09. The average Bonchev–Trinajstić information content (AvgIpc) is 1.59. The Balaban J connectivity index is 2.74. The van der Waals surface area contributed by atoms with Crippen molar-refractivity contribution in [2.45, 2.75) is 26.3 Å². The van der Waals surface area contributed by atoms with Gasteiger partial charge in [-0.1, -0.05) is 0 Å². The minimum atomic E-state index is 0.197. The molecule has 0 aromatic rings. The van der Waals surface area contributed by atoms with E-state index in [4.69, 9.17) is 5.73 Å². The molecule has 1 heterocycles. The SMILES string of the molecule is CC1=CC(N)CC(C)=N1. The van der Waals surface area contributed by atoms with E-state index in [9.17, 15) is 0 Å². The van der Waals surface area contributed by atoms with Crippen LogP contribution in [0.1, 0.15) is 20.3 Å². The van der Waals surface area contributed by atoms with Crippen LogP contribution in [-0.2, 0) is 0 Å². The lowest BCUT2D eigenvalue weighted by Gasteiger charge is -2.12. The smallest absolute Gasteiger partial charge is 0.0347 e. The van der Waals surface area contributed by atoms with Crippen LogP contribution in [-0.4, -0.2) is 11.8 Å². The molecule has 0 aliphatic carbocycles. The van der Waals surface area contributed by atoms with Crippen LogP contribution in [0.2, 0.25) is 0 Å². The normalized spacial score (nSPS) is 27.2. The van der Waals surface area contributed by atoms with E-state index in [1.807, 2.05) is 19.9 Å². The Morgan fingerprint density at radius 2 is 2.33 bits per heavy atom. The van der Waals surface area contributed by atoms with Crippen molar-refractivity contribution in [2.24, 2.45) is 10.7 Å². The highest BCUT2D eigenvalue weighted by molar-refractivity contribution is 5.84. The molecule has 0 saturated heterocycles. The van der Waals surface area contributed by atoms with E-state index in [0.717, 1.165) is 17.8 Å². The molecule has 0 saturated carbocycles. The van der Waals surface area contributed by atoms with E-state index < -0.39 is 0 Å². The van der Waals surface area contributed by atoms with Crippen LogP contribution in [0.5, 0.6) is 0 Å². The van der Waals surface area contributed by atoms with Gasteiger partial charge in [-0.3, -0.25) is 4.99 Å². The van der Waals surface area contributed by atoms with Crippen LogP contribution in [0.25, 0.3) is 0 Å². The summed E-state index contributed by atoms with van der Waals surface area (Å²) in [5.74, 6) is 0. The zero-order valence-electron chi connectivity index (χ0n) is 5.89. The molecular weight excluding hydrogens is 112 g/mol. The summed E-state index contributed by atoms with van der Waals surface area (Å²) in [5.41, 5.74) is 7.85. The fraction of sp³-hybridized carbons (Fsp3) is 0.571. The van der Waals surface area contributed by atoms with Gasteiger partial charge in [0.05, 0.1) is 0 Å². The molecule has 0 aromatic heterocycles. The average molecular weight is 124 g/mol. The van der Waals surface area contributed by atoms with Gasteiger partial charge in [0.1, 0.15) is 0 Å². The molecule has 0 amide bonds. The van der Waals surface area contributed by atoms with Crippen molar-refractivity contribution in [3.05, 3.63) is 11.8 Å². The Kier molecular flexibility index (Phi) is 1.67. The molecule has 1 rings (SSSR count). The Hall–Kier alpha value is -0.630. The molecule has 0 bridgehead atoms. The predicted molar refractivity (Wildman–Crippen MR) is 39.5 cm³/mol. The van der Waals surface area contributed by atoms with Gasteiger partial charge < -0.3 is 5.73 Å². The summed E-state index contributed by atoms with van der Waals surface area (Å²) in [6.07, 6.45) is 2.91. The number of aliphatic imine (C=N–C) groups is 1. The lowest BCUT2D eigenvalue weighted by Crippen LogP contribution is -2.23. The number of hydrogen-bond acceptors (Lipinski definition) is 2. The van der Waals surface area contributed by atoms with Gasteiger partial charge in [-0.25, -0.2) is 0 Å². The molecule has 0 aromatic carbocycles. The highest BCUT2D eigenvalue weighted by Gasteiger charge is 2.05. The lowest BCUT2D eigenvalue weighted by atomic mass is 10.1. The molecule has 1 unspecified atom stereocenters. The molecule has 0 fully saturated rings. The van der Waals surface area contributed by atoms with Gasteiger partial charge in [-0.15, -0.1) is 0 Å². The van der Waals surface area contributed by atoms with Gasteiger partial charge in [0, 0.05) is 23.9 Å². The van der Waals surface area contributed by atoms with Crippen molar-refractivity contribution in [3.63, 3.8) is 0 Å². The minimum absolute atomic E-state index is 0.197. The summed E-state index contributed by atoms with van der Waals surface area (Å²) in [5, 5.41) is 0. The van der Waals surface area contributed by atoms with E-state index in [2.05, 4.69) is 4.99 Å². The topological polar surface area (TPSA) is 38.4 Å². The summed E-state index contributed by atoms with van der Waals surface area (Å²) < 4.78 is 0. The van der Waals surface area contributed by atoms with Gasteiger partial charge in [0.2, 0.25) is 0 Å². The maximum absolute atomic E-state index is 5.66. The molecule has 1 atom stereocenters. The number of rotatable bonds is 0. The van der Waals surface area contributed by atoms with Crippen LogP contribution in [0.4, 0.5) is 0 Å². The monoisotopic (exact) mass is 124 g/mol. The van der Waals surface area contributed by atoms with Crippen molar-refractivity contribution in [2.75, 3.05) is 0 Å². The molecule has 0 radical (unpaired) electrons. The fourth-order valence-electron chi connectivity index (χ4n) is 1.09. The van der Waals surface area contributed by atoms with Gasteiger partial charge in [-0.2, -0.15) is 0 Å². The number of allylic oxidation sites excluding steroid dienone is 1. The van der Waals surface area contributed by atoms with E-state index in [1.165, 1.54) is 0 Å². The first-order valence-electron chi connectivity index (χ1n) is 3.16. The number of nitrogens with two attached hydrogens (primary N) is 1. The first-order chi connectivity index (χ1) is 4.18. The molecular formula is C7H12N2. The van der Waals surface area contributed by atoms with Crippen LogP contribution in [0, 0.1) is 0 Å². The van der Waals surface area contributed by atoms with E-state index in [-0.39, 0.29) is 6.04 Å². The Morgan fingerprint density at radius 1 is 1.67 bits per heavy atom. The third-order valence-corrected chi connectivity index (χ3v) is 1.35. The van der Waals surface area contributed by atoms with Gasteiger partial charge in [-0.05, 0) is 19.9 Å². The standard InChI is InChI=1S/C7H12N2/c1-5-3-7(8)4-6(2)9-5/h3,7H,4,8H2,1-2H3.